The smallest absolute Gasteiger partial charge is 0.157 e. The number of hydrogen-bond donors (Lipinski definition) is 2. The van der Waals surface area contributed by atoms with E-state index in [1.807, 2.05) is 6.07 Å². The summed E-state index contributed by atoms with van der Waals surface area (Å²) in [6, 6.07) is 5.17. The van der Waals surface area contributed by atoms with E-state index in [9.17, 15) is 10.2 Å². The van der Waals surface area contributed by atoms with Gasteiger partial charge in [-0.3, -0.25) is 0 Å². The maximum Gasteiger partial charge on any atom is 0.157 e. The van der Waals surface area contributed by atoms with E-state index in [1.54, 1.807) is 12.1 Å². The molecule has 17 heavy (non-hydrogen) atoms. The summed E-state index contributed by atoms with van der Waals surface area (Å²) in [6.07, 6.45) is 1.06. The molecule has 0 aliphatic heterocycles. The van der Waals surface area contributed by atoms with E-state index in [0.29, 0.717) is 11.8 Å². The Kier molecular flexibility index (Phi) is 4.07. The van der Waals surface area contributed by atoms with Crippen LogP contribution >= 0.6 is 0 Å². The second-order valence-corrected chi connectivity index (χ2v) is 6.36. The first-order valence-electron chi connectivity index (χ1n) is 6.22. The van der Waals surface area contributed by atoms with Crippen molar-refractivity contribution in [2.24, 2.45) is 11.3 Å². The van der Waals surface area contributed by atoms with Gasteiger partial charge in [-0.1, -0.05) is 40.7 Å². The van der Waals surface area contributed by atoms with Gasteiger partial charge in [0.1, 0.15) is 0 Å². The first-order chi connectivity index (χ1) is 7.70. The van der Waals surface area contributed by atoms with Crippen molar-refractivity contribution in [3.8, 4) is 11.5 Å². The molecule has 0 heterocycles. The van der Waals surface area contributed by atoms with E-state index in [0.717, 1.165) is 12.0 Å². The van der Waals surface area contributed by atoms with Crippen molar-refractivity contribution in [3.63, 3.8) is 0 Å². The molecule has 96 valence electrons. The standard InChI is InChI=1S/C15H24O2/c1-10(2)12(9-15(3,4)5)11-6-7-13(16)14(17)8-11/h6-8,10,12,16-17H,9H2,1-5H3. The fourth-order valence-corrected chi connectivity index (χ4v) is 2.17. The molecular formula is C15H24O2. The minimum Gasteiger partial charge on any atom is -0.504 e. The quantitative estimate of drug-likeness (QED) is 0.769. The van der Waals surface area contributed by atoms with E-state index in [4.69, 9.17) is 0 Å². The molecule has 1 aromatic rings. The van der Waals surface area contributed by atoms with Gasteiger partial charge in [0, 0.05) is 0 Å². The van der Waals surface area contributed by atoms with Crippen LogP contribution in [-0.2, 0) is 0 Å². The maximum atomic E-state index is 9.58. The molecule has 0 saturated carbocycles. The molecule has 1 rings (SSSR count). The predicted molar refractivity (Wildman–Crippen MR) is 71.4 cm³/mol. The van der Waals surface area contributed by atoms with Crippen molar-refractivity contribution in [2.45, 2.75) is 47.0 Å². The Morgan fingerprint density at radius 2 is 1.65 bits per heavy atom. The van der Waals surface area contributed by atoms with E-state index in [2.05, 4.69) is 34.6 Å². The number of phenols is 2. The largest absolute Gasteiger partial charge is 0.504 e. The van der Waals surface area contributed by atoms with Crippen molar-refractivity contribution >= 4 is 0 Å². The highest BCUT2D eigenvalue weighted by Gasteiger charge is 2.23. The summed E-state index contributed by atoms with van der Waals surface area (Å²) in [6.45, 7) is 11.1. The molecule has 0 spiro atoms. The zero-order valence-electron chi connectivity index (χ0n) is 11.5. The van der Waals surface area contributed by atoms with Gasteiger partial charge in [0.15, 0.2) is 11.5 Å². The van der Waals surface area contributed by atoms with Crippen LogP contribution in [0.4, 0.5) is 0 Å². The zero-order valence-corrected chi connectivity index (χ0v) is 11.5. The molecule has 0 fully saturated rings. The number of benzene rings is 1. The van der Waals surface area contributed by atoms with Crippen molar-refractivity contribution in [3.05, 3.63) is 23.8 Å². The van der Waals surface area contributed by atoms with Crippen molar-refractivity contribution < 1.29 is 10.2 Å². The molecule has 0 aromatic heterocycles. The zero-order chi connectivity index (χ0) is 13.2. The van der Waals surface area contributed by atoms with Gasteiger partial charge in [-0.05, 0) is 41.4 Å². The van der Waals surface area contributed by atoms with Crippen LogP contribution in [0.2, 0.25) is 0 Å². The molecule has 1 aromatic carbocycles. The second-order valence-electron chi connectivity index (χ2n) is 6.36. The second kappa shape index (κ2) is 4.99. The highest BCUT2D eigenvalue weighted by Crippen LogP contribution is 2.38. The van der Waals surface area contributed by atoms with Crippen molar-refractivity contribution in [1.82, 2.24) is 0 Å². The molecule has 1 unspecified atom stereocenters. The Labute approximate surface area is 104 Å². The molecule has 2 nitrogen and oxygen atoms in total. The Morgan fingerprint density at radius 3 is 2.06 bits per heavy atom. The first-order valence-corrected chi connectivity index (χ1v) is 6.22. The van der Waals surface area contributed by atoms with Crippen LogP contribution < -0.4 is 0 Å². The van der Waals surface area contributed by atoms with Crippen LogP contribution in [0.1, 0.15) is 52.5 Å². The van der Waals surface area contributed by atoms with Gasteiger partial charge in [-0.15, -0.1) is 0 Å². The molecule has 0 saturated heterocycles. The molecule has 1 atom stereocenters. The van der Waals surface area contributed by atoms with Crippen molar-refractivity contribution in [2.75, 3.05) is 0 Å². The number of hydrogen-bond acceptors (Lipinski definition) is 2. The summed E-state index contributed by atoms with van der Waals surface area (Å²) in [5, 5.41) is 18.9. The Balaban J connectivity index is 3.02. The molecule has 0 radical (unpaired) electrons. The summed E-state index contributed by atoms with van der Waals surface area (Å²) in [5.74, 6) is 0.841. The van der Waals surface area contributed by atoms with Crippen LogP contribution in [0.5, 0.6) is 11.5 Å². The molecule has 0 amide bonds. The molecule has 2 heteroatoms. The Bertz CT molecular complexity index is 375. The van der Waals surface area contributed by atoms with Gasteiger partial charge >= 0.3 is 0 Å². The molecule has 2 N–H and O–H groups in total. The third-order valence-electron chi connectivity index (χ3n) is 3.06. The number of rotatable bonds is 3. The normalized spacial score (nSPS) is 14.0. The fraction of sp³-hybridized carbons (Fsp3) is 0.600. The van der Waals surface area contributed by atoms with E-state index in [1.165, 1.54) is 0 Å². The lowest BCUT2D eigenvalue weighted by molar-refractivity contribution is 0.300. The van der Waals surface area contributed by atoms with Crippen LogP contribution in [-0.4, -0.2) is 10.2 Å². The van der Waals surface area contributed by atoms with Gasteiger partial charge in [0.05, 0.1) is 0 Å². The SMILES string of the molecule is CC(C)C(CC(C)(C)C)c1ccc(O)c(O)c1. The number of phenolic OH excluding ortho intramolecular Hbond substituents is 2. The van der Waals surface area contributed by atoms with E-state index < -0.39 is 0 Å². The minimum atomic E-state index is -0.0491. The lowest BCUT2D eigenvalue weighted by Gasteiger charge is -2.29. The van der Waals surface area contributed by atoms with Crippen LogP contribution in [0, 0.1) is 11.3 Å². The monoisotopic (exact) mass is 236 g/mol. The average molecular weight is 236 g/mol. The highest BCUT2D eigenvalue weighted by molar-refractivity contribution is 5.41. The van der Waals surface area contributed by atoms with Crippen LogP contribution in [0.3, 0.4) is 0 Å². The molecular weight excluding hydrogens is 212 g/mol. The topological polar surface area (TPSA) is 40.5 Å². The summed E-state index contributed by atoms with van der Waals surface area (Å²) in [5.41, 5.74) is 1.35. The molecule has 0 aliphatic rings. The van der Waals surface area contributed by atoms with Gasteiger partial charge < -0.3 is 10.2 Å². The minimum absolute atomic E-state index is 0.0259. The van der Waals surface area contributed by atoms with E-state index in [-0.39, 0.29) is 16.9 Å². The number of aromatic hydroxyl groups is 2. The first kappa shape index (κ1) is 13.9. The van der Waals surface area contributed by atoms with Gasteiger partial charge in [-0.25, -0.2) is 0 Å². The van der Waals surface area contributed by atoms with Gasteiger partial charge in [0.25, 0.3) is 0 Å². The summed E-state index contributed by atoms with van der Waals surface area (Å²) in [7, 11) is 0. The lowest BCUT2D eigenvalue weighted by Crippen LogP contribution is -2.16. The third kappa shape index (κ3) is 3.95. The van der Waals surface area contributed by atoms with Crippen molar-refractivity contribution in [1.29, 1.82) is 0 Å². The van der Waals surface area contributed by atoms with Gasteiger partial charge in [-0.2, -0.15) is 0 Å². The van der Waals surface area contributed by atoms with E-state index >= 15 is 0 Å². The summed E-state index contributed by atoms with van der Waals surface area (Å²) < 4.78 is 0. The van der Waals surface area contributed by atoms with Gasteiger partial charge in [0.2, 0.25) is 0 Å². The maximum absolute atomic E-state index is 9.58. The van der Waals surface area contributed by atoms with Crippen LogP contribution in [0.25, 0.3) is 0 Å². The third-order valence-corrected chi connectivity index (χ3v) is 3.06. The fourth-order valence-electron chi connectivity index (χ4n) is 2.17. The predicted octanol–water partition coefficient (Wildman–Crippen LogP) is 4.27. The average Bonchev–Trinajstić information content (AvgIpc) is 2.17. The van der Waals surface area contributed by atoms with Crippen LogP contribution in [0.15, 0.2) is 18.2 Å². The lowest BCUT2D eigenvalue weighted by atomic mass is 9.76. The summed E-state index contributed by atoms with van der Waals surface area (Å²) in [4.78, 5) is 0. The molecule has 0 bridgehead atoms. The Morgan fingerprint density at radius 1 is 1.06 bits per heavy atom. The molecule has 0 aliphatic carbocycles. The highest BCUT2D eigenvalue weighted by atomic mass is 16.3. The summed E-state index contributed by atoms with van der Waals surface area (Å²) >= 11 is 0. The Hall–Kier alpha value is -1.18.